The van der Waals surface area contributed by atoms with Gasteiger partial charge in [-0.1, -0.05) is 18.2 Å². The van der Waals surface area contributed by atoms with E-state index in [0.717, 1.165) is 16.8 Å². The monoisotopic (exact) mass is 231 g/mol. The molecule has 0 aliphatic heterocycles. The Hall–Kier alpha value is -2.63. The minimum atomic E-state index is -0.772. The molecular weight excluding hydrogens is 222 g/mol. The molecule has 6 heteroatoms. The minimum absolute atomic E-state index is 0.543. The third-order valence-electron chi connectivity index (χ3n) is 2.07. The normalized spacial score (nSPS) is 9.88. The molecule has 6 nitrogen and oxygen atoms in total. The van der Waals surface area contributed by atoms with Gasteiger partial charge in [-0.2, -0.15) is 0 Å². The van der Waals surface area contributed by atoms with Crippen molar-refractivity contribution < 1.29 is 4.79 Å². The Balaban J connectivity index is 2.27. The first-order valence-electron chi connectivity index (χ1n) is 4.85. The number of nitrogens with one attached hydrogen (secondary N) is 2. The quantitative estimate of drug-likeness (QED) is 0.754. The maximum absolute atomic E-state index is 11.7. The van der Waals surface area contributed by atoms with Crippen LogP contribution in [0.25, 0.3) is 0 Å². The van der Waals surface area contributed by atoms with Crippen LogP contribution in [0, 0.1) is 0 Å². The van der Waals surface area contributed by atoms with Gasteiger partial charge >= 0.3 is 11.7 Å². The van der Waals surface area contributed by atoms with Crippen LogP contribution in [0.2, 0.25) is 0 Å². The summed E-state index contributed by atoms with van der Waals surface area (Å²) in [6.45, 7) is 0. The molecule has 0 bridgehead atoms. The highest BCUT2D eigenvalue weighted by atomic mass is 16.2. The summed E-state index contributed by atoms with van der Waals surface area (Å²) in [6, 6.07) is 9.17. The van der Waals surface area contributed by atoms with E-state index in [4.69, 9.17) is 0 Å². The number of carbonyl (C=O) groups is 1. The topological polar surface area (TPSA) is 84.0 Å². The van der Waals surface area contributed by atoms with Gasteiger partial charge in [0.15, 0.2) is 0 Å². The number of H-pyrrole nitrogens is 1. The van der Waals surface area contributed by atoms with E-state index in [0.29, 0.717) is 5.69 Å². The lowest BCUT2D eigenvalue weighted by Gasteiger charge is -2.05. The highest BCUT2D eigenvalue weighted by molar-refractivity contribution is 5.90. The van der Waals surface area contributed by atoms with Crippen LogP contribution < -0.4 is 16.6 Å². The lowest BCUT2D eigenvalue weighted by molar-refractivity contribution is 0.252. The molecule has 2 aromatic rings. The van der Waals surface area contributed by atoms with Gasteiger partial charge in [-0.15, -0.1) is 0 Å². The van der Waals surface area contributed by atoms with Gasteiger partial charge in [0.2, 0.25) is 0 Å². The zero-order valence-corrected chi connectivity index (χ0v) is 8.71. The van der Waals surface area contributed by atoms with E-state index >= 15 is 0 Å². The lowest BCUT2D eigenvalue weighted by atomic mass is 10.3. The number of benzene rings is 1. The number of rotatable bonds is 1. The molecule has 1 heterocycles. The molecule has 0 spiro atoms. The molecule has 0 unspecified atom stereocenters. The highest BCUT2D eigenvalue weighted by Gasteiger charge is 2.06. The average Bonchev–Trinajstić information content (AvgIpc) is 2.30. The summed E-state index contributed by atoms with van der Waals surface area (Å²) in [6.07, 6.45) is 1.12. The van der Waals surface area contributed by atoms with Crippen LogP contribution in [0.3, 0.4) is 0 Å². The smallest absolute Gasteiger partial charge is 0.307 e. The van der Waals surface area contributed by atoms with E-state index < -0.39 is 17.3 Å². The first-order chi connectivity index (χ1) is 8.16. The van der Waals surface area contributed by atoms with Gasteiger partial charge in [-0.3, -0.25) is 9.78 Å². The molecule has 0 saturated heterocycles. The fourth-order valence-corrected chi connectivity index (χ4v) is 1.28. The van der Waals surface area contributed by atoms with Gasteiger partial charge in [0.1, 0.15) is 0 Å². The first kappa shape index (κ1) is 10.9. The third kappa shape index (κ3) is 2.49. The molecule has 0 atom stereocenters. The minimum Gasteiger partial charge on any atom is -0.307 e. The summed E-state index contributed by atoms with van der Waals surface area (Å²) in [5.41, 5.74) is -0.750. The van der Waals surface area contributed by atoms with Crippen LogP contribution >= 0.6 is 0 Å². The van der Waals surface area contributed by atoms with Crippen LogP contribution in [0.4, 0.5) is 10.5 Å². The predicted molar refractivity (Wildman–Crippen MR) is 62.2 cm³/mol. The number of hydrogen-bond acceptors (Lipinski definition) is 3. The molecule has 0 aliphatic rings. The maximum Gasteiger partial charge on any atom is 0.336 e. The highest BCUT2D eigenvalue weighted by Crippen LogP contribution is 2.04. The van der Waals surface area contributed by atoms with Crippen LogP contribution in [-0.4, -0.2) is 15.6 Å². The largest absolute Gasteiger partial charge is 0.336 e. The van der Waals surface area contributed by atoms with Crippen molar-refractivity contribution in [2.75, 3.05) is 5.32 Å². The van der Waals surface area contributed by atoms with Crippen molar-refractivity contribution in [3.05, 3.63) is 63.4 Å². The fraction of sp³-hybridized carbons (Fsp3) is 0. The molecule has 1 aromatic heterocycles. The van der Waals surface area contributed by atoms with E-state index in [1.165, 1.54) is 0 Å². The summed E-state index contributed by atoms with van der Waals surface area (Å²) in [4.78, 5) is 35.8. The standard InChI is InChI=1S/C11H9N3O3/c15-9-6-7-14(11(17)13-9)10(16)12-8-4-2-1-3-5-8/h1-7H,(H,12,16)(H,13,15,17). The van der Waals surface area contributed by atoms with E-state index in [2.05, 4.69) is 5.32 Å². The summed E-state index contributed by atoms with van der Waals surface area (Å²) >= 11 is 0. The van der Waals surface area contributed by atoms with Crippen molar-refractivity contribution in [2.45, 2.75) is 0 Å². The summed E-state index contributed by atoms with van der Waals surface area (Å²) in [5.74, 6) is 0. The number of para-hydroxylation sites is 1. The van der Waals surface area contributed by atoms with Crippen molar-refractivity contribution >= 4 is 11.7 Å². The second-order valence-corrected chi connectivity index (χ2v) is 3.28. The zero-order valence-electron chi connectivity index (χ0n) is 8.71. The molecule has 0 saturated carbocycles. The Morgan fingerprint density at radius 3 is 2.47 bits per heavy atom. The molecule has 86 valence electrons. The van der Waals surface area contributed by atoms with Gasteiger partial charge in [0, 0.05) is 18.0 Å². The molecule has 1 aromatic carbocycles. The average molecular weight is 231 g/mol. The number of carbonyl (C=O) groups excluding carboxylic acids is 1. The van der Waals surface area contributed by atoms with Gasteiger partial charge in [0.25, 0.3) is 5.56 Å². The number of hydrogen-bond donors (Lipinski definition) is 2. The van der Waals surface area contributed by atoms with Crippen molar-refractivity contribution in [3.8, 4) is 0 Å². The van der Waals surface area contributed by atoms with Gasteiger partial charge < -0.3 is 5.32 Å². The van der Waals surface area contributed by atoms with Gasteiger partial charge in [-0.05, 0) is 12.1 Å². The first-order valence-corrected chi connectivity index (χ1v) is 4.85. The second-order valence-electron chi connectivity index (χ2n) is 3.28. The third-order valence-corrected chi connectivity index (χ3v) is 2.07. The van der Waals surface area contributed by atoms with E-state index in [-0.39, 0.29) is 0 Å². The van der Waals surface area contributed by atoms with E-state index in [1.54, 1.807) is 24.3 Å². The number of aromatic nitrogens is 2. The molecule has 2 N–H and O–H groups in total. The lowest BCUT2D eigenvalue weighted by Crippen LogP contribution is -2.35. The van der Waals surface area contributed by atoms with E-state index in [9.17, 15) is 14.4 Å². The Kier molecular flexibility index (Phi) is 2.87. The molecule has 0 aliphatic carbocycles. The van der Waals surface area contributed by atoms with Gasteiger partial charge in [0.05, 0.1) is 0 Å². The second kappa shape index (κ2) is 4.48. The van der Waals surface area contributed by atoms with E-state index in [1.807, 2.05) is 11.1 Å². The zero-order chi connectivity index (χ0) is 12.3. The molecular formula is C11H9N3O3. The van der Waals surface area contributed by atoms with Crippen molar-refractivity contribution in [1.82, 2.24) is 9.55 Å². The Morgan fingerprint density at radius 1 is 1.12 bits per heavy atom. The molecule has 17 heavy (non-hydrogen) atoms. The van der Waals surface area contributed by atoms with Crippen molar-refractivity contribution in [2.24, 2.45) is 0 Å². The fourth-order valence-electron chi connectivity index (χ4n) is 1.28. The number of nitrogens with zero attached hydrogens (tertiary/aromatic N) is 1. The molecule has 2 rings (SSSR count). The van der Waals surface area contributed by atoms with Gasteiger partial charge in [-0.25, -0.2) is 14.2 Å². The summed E-state index contributed by atoms with van der Waals surface area (Å²) in [5, 5.41) is 2.52. The Bertz CT molecular complexity index is 643. The molecule has 0 radical (unpaired) electrons. The Labute approximate surface area is 95.5 Å². The predicted octanol–water partition coefficient (Wildman–Crippen LogP) is 0.617. The van der Waals surface area contributed by atoms with Crippen LogP contribution in [0.15, 0.2) is 52.2 Å². The number of amides is 1. The molecule has 0 fully saturated rings. The maximum atomic E-state index is 11.7. The SMILES string of the molecule is O=C(Nc1ccccc1)n1ccc(=O)[nH]c1=O. The summed E-state index contributed by atoms with van der Waals surface area (Å²) < 4.78 is 0.786. The Morgan fingerprint density at radius 2 is 1.82 bits per heavy atom. The summed E-state index contributed by atoms with van der Waals surface area (Å²) in [7, 11) is 0. The number of anilines is 1. The van der Waals surface area contributed by atoms with Crippen LogP contribution in [0.5, 0.6) is 0 Å². The van der Waals surface area contributed by atoms with Crippen molar-refractivity contribution in [3.63, 3.8) is 0 Å². The molecule has 1 amide bonds. The van der Waals surface area contributed by atoms with Crippen LogP contribution in [0.1, 0.15) is 0 Å². The van der Waals surface area contributed by atoms with Crippen LogP contribution in [-0.2, 0) is 0 Å². The number of aromatic amines is 1. The van der Waals surface area contributed by atoms with Crippen molar-refractivity contribution in [1.29, 1.82) is 0 Å².